The van der Waals surface area contributed by atoms with E-state index in [-0.39, 0.29) is 17.8 Å². The molecule has 2 aromatic rings. The van der Waals surface area contributed by atoms with E-state index < -0.39 is 39.2 Å². The first-order valence-electron chi connectivity index (χ1n) is 15.0. The lowest BCUT2D eigenvalue weighted by Gasteiger charge is -2.65. The van der Waals surface area contributed by atoms with Crippen LogP contribution >= 0.6 is 0 Å². The molecule has 0 aromatic heterocycles. The number of piperidine rings is 1. The Labute approximate surface area is 246 Å². The fraction of sp³-hybridized carbons (Fsp3) is 0.562. The van der Waals surface area contributed by atoms with Crippen LogP contribution in [-0.2, 0) is 41.9 Å². The average Bonchev–Trinajstić information content (AvgIpc) is 3.66. The molecule has 5 aliphatic rings. The van der Waals surface area contributed by atoms with E-state index >= 15 is 0 Å². The van der Waals surface area contributed by atoms with Gasteiger partial charge in [0.1, 0.15) is 11.7 Å². The van der Waals surface area contributed by atoms with E-state index in [0.717, 1.165) is 35.3 Å². The second-order valence-electron chi connectivity index (χ2n) is 12.9. The van der Waals surface area contributed by atoms with Gasteiger partial charge in [0.15, 0.2) is 11.5 Å². The highest BCUT2D eigenvalue weighted by atomic mass is 32.2. The third-order valence-corrected chi connectivity index (χ3v) is 11.6. The zero-order valence-corrected chi connectivity index (χ0v) is 25.2. The lowest BCUT2D eigenvalue weighted by molar-refractivity contribution is -0.218. The van der Waals surface area contributed by atoms with Gasteiger partial charge in [0.05, 0.1) is 23.3 Å². The molecular weight excluding hydrogens is 556 g/mol. The van der Waals surface area contributed by atoms with Crippen molar-refractivity contribution in [3.05, 3.63) is 58.7 Å². The first-order chi connectivity index (χ1) is 20.0. The Balaban J connectivity index is 1.34. The number of rotatable bonds is 8. The highest BCUT2D eigenvalue weighted by Gasteiger charge is 2.75. The van der Waals surface area contributed by atoms with Crippen LogP contribution in [0.2, 0.25) is 0 Å². The van der Waals surface area contributed by atoms with E-state index in [1.54, 1.807) is 6.07 Å². The molecule has 0 unspecified atom stereocenters. The Morgan fingerprint density at radius 2 is 1.86 bits per heavy atom. The van der Waals surface area contributed by atoms with Crippen LogP contribution in [0.1, 0.15) is 68.2 Å². The lowest BCUT2D eigenvalue weighted by Crippen LogP contribution is -2.79. The number of likely N-dealkylation sites (tertiary alicyclic amines) is 1. The zero-order valence-electron chi connectivity index (χ0n) is 24.4. The number of carbonyl (C=O) groups is 2. The summed E-state index contributed by atoms with van der Waals surface area (Å²) >= 11 is 0. The maximum Gasteiger partial charge on any atom is 0.308 e. The Bertz CT molecular complexity index is 1570. The molecule has 3 aliphatic carbocycles. The number of nitrogens with one attached hydrogen (secondary N) is 1. The quantitative estimate of drug-likeness (QED) is 0.365. The summed E-state index contributed by atoms with van der Waals surface area (Å²) in [7, 11) is -3.75. The average molecular weight is 595 g/mol. The van der Waals surface area contributed by atoms with Gasteiger partial charge in [-0.1, -0.05) is 30.3 Å². The summed E-state index contributed by atoms with van der Waals surface area (Å²) in [5.41, 5.74) is 1.99. The van der Waals surface area contributed by atoms with Crippen LogP contribution in [0.3, 0.4) is 0 Å². The normalized spacial score (nSPS) is 31.2. The molecule has 2 saturated carbocycles. The summed E-state index contributed by atoms with van der Waals surface area (Å²) in [5.74, 6) is 0.511. The van der Waals surface area contributed by atoms with Crippen LogP contribution in [-0.4, -0.2) is 62.1 Å². The minimum atomic E-state index is -3.75. The molecule has 3 fully saturated rings. The van der Waals surface area contributed by atoms with E-state index in [4.69, 9.17) is 14.2 Å². The molecule has 7 rings (SSSR count). The summed E-state index contributed by atoms with van der Waals surface area (Å²) in [5, 5.41) is 0. The lowest BCUT2D eigenvalue weighted by atomic mass is 9.48. The Morgan fingerprint density at radius 3 is 2.57 bits per heavy atom. The molecule has 9 nitrogen and oxygen atoms in total. The van der Waals surface area contributed by atoms with Crippen molar-refractivity contribution < 1.29 is 32.2 Å². The van der Waals surface area contributed by atoms with Gasteiger partial charge in [-0.25, -0.2) is 13.1 Å². The third-order valence-electron chi connectivity index (χ3n) is 10.2. The standard InChI is InChI=1S/C32H38N2O7S/c1-19-6-4-5-7-24(19)18-42(37,38)33-25-12-13-32(41-21(3)36)27-16-23-10-11-26(39-20(2)35)29-28(23)31(32,30(25)40-29)14-15-34(27)17-22-8-9-22/h4-7,10-11,22,25,27,30,33H,8-9,12-18H2,1-3H3/t25-,27+,30-,31-,32+/m0/s1. The minimum absolute atomic E-state index is 0.0515. The number of ether oxygens (including phenoxy) is 3. The first kappa shape index (κ1) is 27.9. The van der Waals surface area contributed by atoms with Gasteiger partial charge in [0.25, 0.3) is 0 Å². The summed E-state index contributed by atoms with van der Waals surface area (Å²) in [6, 6.07) is 10.7. The molecule has 1 saturated heterocycles. The SMILES string of the molecule is CC(=O)Oc1ccc2c3c1O[C@H]1[C@@H](NS(=O)(=O)Cc4ccccc4C)CC[C@@]4(OC(C)=O)[C@@H](C2)N(CC2CC2)CC[C@]314. The molecule has 2 bridgehead atoms. The molecule has 2 aromatic carbocycles. The van der Waals surface area contributed by atoms with Crippen molar-refractivity contribution in [3.63, 3.8) is 0 Å². The van der Waals surface area contributed by atoms with Crippen molar-refractivity contribution in [1.29, 1.82) is 0 Å². The predicted molar refractivity (Wildman–Crippen MR) is 155 cm³/mol. The molecule has 10 heteroatoms. The van der Waals surface area contributed by atoms with E-state index in [1.165, 1.54) is 26.7 Å². The van der Waals surface area contributed by atoms with E-state index in [1.807, 2.05) is 37.3 Å². The second kappa shape index (κ2) is 9.79. The number of hydrogen-bond acceptors (Lipinski definition) is 8. The minimum Gasteiger partial charge on any atom is -0.483 e. The Hall–Kier alpha value is -2.95. The van der Waals surface area contributed by atoms with Crippen LogP contribution in [0.15, 0.2) is 36.4 Å². The molecule has 224 valence electrons. The molecule has 5 atom stereocenters. The van der Waals surface area contributed by atoms with Crippen LogP contribution in [0, 0.1) is 12.8 Å². The van der Waals surface area contributed by atoms with Crippen LogP contribution < -0.4 is 14.2 Å². The van der Waals surface area contributed by atoms with Gasteiger partial charge in [-0.2, -0.15) is 0 Å². The van der Waals surface area contributed by atoms with Crippen LogP contribution in [0.5, 0.6) is 11.5 Å². The van der Waals surface area contributed by atoms with Gasteiger partial charge in [0.2, 0.25) is 10.0 Å². The van der Waals surface area contributed by atoms with Gasteiger partial charge in [-0.05, 0) is 80.7 Å². The predicted octanol–water partition coefficient (Wildman–Crippen LogP) is 3.54. The molecule has 1 spiro atoms. The fourth-order valence-corrected chi connectivity index (χ4v) is 10.0. The van der Waals surface area contributed by atoms with Crippen molar-refractivity contribution in [3.8, 4) is 11.5 Å². The van der Waals surface area contributed by atoms with Gasteiger partial charge in [0, 0.05) is 26.0 Å². The third kappa shape index (κ3) is 4.28. The summed E-state index contributed by atoms with van der Waals surface area (Å²) in [4.78, 5) is 27.4. The smallest absolute Gasteiger partial charge is 0.308 e. The Morgan fingerprint density at radius 1 is 1.07 bits per heavy atom. The fourth-order valence-electron chi connectivity index (χ4n) is 8.51. The van der Waals surface area contributed by atoms with Crippen LogP contribution in [0.25, 0.3) is 0 Å². The van der Waals surface area contributed by atoms with Crippen molar-refractivity contribution >= 4 is 22.0 Å². The molecule has 2 heterocycles. The van der Waals surface area contributed by atoms with E-state index in [0.29, 0.717) is 43.1 Å². The summed E-state index contributed by atoms with van der Waals surface area (Å²) < 4.78 is 49.2. The topological polar surface area (TPSA) is 111 Å². The molecule has 0 radical (unpaired) electrons. The van der Waals surface area contributed by atoms with E-state index in [9.17, 15) is 18.0 Å². The Kier molecular flexibility index (Phi) is 6.49. The van der Waals surface area contributed by atoms with Gasteiger partial charge >= 0.3 is 11.9 Å². The maximum atomic E-state index is 13.6. The number of esters is 2. The zero-order chi connectivity index (χ0) is 29.4. The molecule has 0 amide bonds. The second-order valence-corrected chi connectivity index (χ2v) is 14.6. The van der Waals surface area contributed by atoms with Crippen molar-refractivity contribution in [2.45, 2.75) is 94.3 Å². The molecular formula is C32H38N2O7S. The van der Waals surface area contributed by atoms with Gasteiger partial charge < -0.3 is 14.2 Å². The van der Waals surface area contributed by atoms with Crippen molar-refractivity contribution in [1.82, 2.24) is 9.62 Å². The maximum absolute atomic E-state index is 13.6. The van der Waals surface area contributed by atoms with Gasteiger partial charge in [-0.3, -0.25) is 14.5 Å². The van der Waals surface area contributed by atoms with Gasteiger partial charge in [-0.15, -0.1) is 0 Å². The largest absolute Gasteiger partial charge is 0.483 e. The highest BCUT2D eigenvalue weighted by Crippen LogP contribution is 2.67. The molecule has 42 heavy (non-hydrogen) atoms. The summed E-state index contributed by atoms with van der Waals surface area (Å²) in [6.45, 7) is 6.48. The summed E-state index contributed by atoms with van der Waals surface area (Å²) in [6.07, 6.45) is 4.10. The van der Waals surface area contributed by atoms with Crippen molar-refractivity contribution in [2.24, 2.45) is 5.92 Å². The number of aryl methyl sites for hydroxylation is 1. The number of carbonyl (C=O) groups excluding carboxylic acids is 2. The highest BCUT2D eigenvalue weighted by molar-refractivity contribution is 7.88. The van der Waals surface area contributed by atoms with Crippen molar-refractivity contribution in [2.75, 3.05) is 13.1 Å². The number of benzene rings is 2. The van der Waals surface area contributed by atoms with E-state index in [2.05, 4.69) is 9.62 Å². The number of sulfonamides is 1. The monoisotopic (exact) mass is 594 g/mol. The number of nitrogens with zero attached hydrogens (tertiary/aromatic N) is 1. The number of hydrogen-bond donors (Lipinski definition) is 1. The van der Waals surface area contributed by atoms with Crippen LogP contribution in [0.4, 0.5) is 0 Å². The molecule has 1 N–H and O–H groups in total. The first-order valence-corrected chi connectivity index (χ1v) is 16.7. The molecule has 2 aliphatic heterocycles.